The van der Waals surface area contributed by atoms with Gasteiger partial charge in [-0.05, 0) is 26.0 Å². The van der Waals surface area contributed by atoms with E-state index in [1.807, 2.05) is 25.4 Å². The van der Waals surface area contributed by atoms with Gasteiger partial charge in [0.25, 0.3) is 0 Å². The molecule has 20 heavy (non-hydrogen) atoms. The summed E-state index contributed by atoms with van der Waals surface area (Å²) in [6.45, 7) is 11.1. The first-order chi connectivity index (χ1) is 9.38. The van der Waals surface area contributed by atoms with E-state index in [0.717, 1.165) is 31.2 Å². The van der Waals surface area contributed by atoms with Crippen LogP contribution in [0.4, 0.5) is 0 Å². The molecule has 0 saturated carbocycles. The van der Waals surface area contributed by atoms with Crippen LogP contribution in [0.25, 0.3) is 0 Å². The van der Waals surface area contributed by atoms with Crippen molar-refractivity contribution in [2.75, 3.05) is 20.1 Å². The summed E-state index contributed by atoms with van der Waals surface area (Å²) < 4.78 is 0. The van der Waals surface area contributed by atoms with Crippen LogP contribution in [0.5, 0.6) is 0 Å². The van der Waals surface area contributed by atoms with Crippen molar-refractivity contribution in [3.05, 3.63) is 30.1 Å². The van der Waals surface area contributed by atoms with Crippen molar-refractivity contribution in [2.45, 2.75) is 39.7 Å². The number of guanidine groups is 1. The zero-order valence-electron chi connectivity index (χ0n) is 13.3. The highest BCUT2D eigenvalue weighted by Gasteiger charge is 2.53. The fourth-order valence-electron chi connectivity index (χ4n) is 2.54. The Morgan fingerprint density at radius 3 is 2.60 bits per heavy atom. The molecule has 0 amide bonds. The molecule has 0 radical (unpaired) electrons. The summed E-state index contributed by atoms with van der Waals surface area (Å²) in [4.78, 5) is 11.1. The Morgan fingerprint density at radius 1 is 1.35 bits per heavy atom. The minimum absolute atomic E-state index is 0.139. The number of pyridine rings is 1. The number of aromatic nitrogens is 1. The van der Waals surface area contributed by atoms with Gasteiger partial charge in [-0.2, -0.15) is 0 Å². The quantitative estimate of drug-likeness (QED) is 0.679. The molecule has 0 atom stereocenters. The van der Waals surface area contributed by atoms with E-state index < -0.39 is 0 Å². The molecule has 1 fully saturated rings. The summed E-state index contributed by atoms with van der Waals surface area (Å²) in [5.74, 6) is 0.991. The van der Waals surface area contributed by atoms with Gasteiger partial charge in [0.2, 0.25) is 0 Å². The number of aliphatic imine (C=N–C) groups is 1. The second-order valence-corrected chi connectivity index (χ2v) is 6.57. The summed E-state index contributed by atoms with van der Waals surface area (Å²) in [6.07, 6.45) is 2.75. The number of likely N-dealkylation sites (tertiary alicyclic amines) is 1. The molecule has 1 aromatic heterocycles. The molecular weight excluding hydrogens is 248 g/mol. The maximum Gasteiger partial charge on any atom is 0.194 e. The lowest BCUT2D eigenvalue weighted by atomic mass is 9.65. The van der Waals surface area contributed by atoms with E-state index in [1.54, 1.807) is 0 Å². The Morgan fingerprint density at radius 2 is 2.10 bits per heavy atom. The van der Waals surface area contributed by atoms with E-state index in [-0.39, 0.29) is 5.54 Å². The van der Waals surface area contributed by atoms with Crippen LogP contribution in [-0.4, -0.2) is 41.5 Å². The fraction of sp³-hybridized carbons (Fsp3) is 0.625. The predicted molar refractivity (Wildman–Crippen MR) is 83.9 cm³/mol. The summed E-state index contributed by atoms with van der Waals surface area (Å²) in [7, 11) is 1.85. The van der Waals surface area contributed by atoms with Crippen LogP contribution in [0.15, 0.2) is 29.4 Å². The van der Waals surface area contributed by atoms with Crippen LogP contribution in [0.2, 0.25) is 0 Å². The van der Waals surface area contributed by atoms with Crippen molar-refractivity contribution in [3.63, 3.8) is 0 Å². The van der Waals surface area contributed by atoms with Crippen LogP contribution in [-0.2, 0) is 6.42 Å². The highest BCUT2D eigenvalue weighted by molar-refractivity contribution is 5.82. The van der Waals surface area contributed by atoms with Gasteiger partial charge in [-0.15, -0.1) is 0 Å². The third-order valence-electron chi connectivity index (χ3n) is 4.74. The van der Waals surface area contributed by atoms with Crippen molar-refractivity contribution in [1.82, 2.24) is 15.2 Å². The molecule has 0 unspecified atom stereocenters. The molecule has 0 spiro atoms. The zero-order valence-corrected chi connectivity index (χ0v) is 13.3. The highest BCUT2D eigenvalue weighted by Crippen LogP contribution is 2.46. The van der Waals surface area contributed by atoms with Gasteiger partial charge in [-0.25, -0.2) is 0 Å². The minimum atomic E-state index is 0.139. The van der Waals surface area contributed by atoms with E-state index in [1.165, 1.54) is 0 Å². The number of nitrogens with one attached hydrogen (secondary N) is 1. The molecule has 0 aromatic carbocycles. The Bertz CT molecular complexity index is 477. The molecule has 1 aliphatic heterocycles. The first kappa shape index (κ1) is 14.8. The summed E-state index contributed by atoms with van der Waals surface area (Å²) in [6, 6.07) is 6.03. The van der Waals surface area contributed by atoms with Gasteiger partial charge in [0.1, 0.15) is 0 Å². The van der Waals surface area contributed by atoms with Crippen molar-refractivity contribution in [1.29, 1.82) is 0 Å². The van der Waals surface area contributed by atoms with Crippen molar-refractivity contribution in [2.24, 2.45) is 10.4 Å². The van der Waals surface area contributed by atoms with Gasteiger partial charge in [-0.3, -0.25) is 9.98 Å². The monoisotopic (exact) mass is 274 g/mol. The van der Waals surface area contributed by atoms with E-state index >= 15 is 0 Å². The van der Waals surface area contributed by atoms with Crippen LogP contribution in [0.3, 0.4) is 0 Å². The van der Waals surface area contributed by atoms with Crippen LogP contribution in [0, 0.1) is 5.41 Å². The Kier molecular flexibility index (Phi) is 4.02. The van der Waals surface area contributed by atoms with Gasteiger partial charge in [0, 0.05) is 49.4 Å². The normalized spacial score (nSPS) is 20.4. The lowest BCUT2D eigenvalue weighted by Crippen LogP contribution is -2.72. The highest BCUT2D eigenvalue weighted by atomic mass is 15.4. The molecule has 4 heteroatoms. The van der Waals surface area contributed by atoms with Gasteiger partial charge >= 0.3 is 0 Å². The average molecular weight is 274 g/mol. The molecule has 2 heterocycles. The van der Waals surface area contributed by atoms with Crippen LogP contribution >= 0.6 is 0 Å². The second-order valence-electron chi connectivity index (χ2n) is 6.57. The fourth-order valence-corrected chi connectivity index (χ4v) is 2.54. The van der Waals surface area contributed by atoms with E-state index in [0.29, 0.717) is 5.41 Å². The van der Waals surface area contributed by atoms with Gasteiger partial charge in [0.05, 0.1) is 0 Å². The molecule has 1 N–H and O–H groups in total. The van der Waals surface area contributed by atoms with Crippen molar-refractivity contribution < 1.29 is 0 Å². The molecule has 0 aliphatic carbocycles. The topological polar surface area (TPSA) is 40.5 Å². The molecule has 110 valence electrons. The standard InChI is InChI=1S/C16H26N4/c1-15(2)12-20(16(15,3)4)14(17-5)19-11-9-13-8-6-7-10-18-13/h6-8,10H,9,11-12H2,1-5H3,(H,17,19). The summed E-state index contributed by atoms with van der Waals surface area (Å²) in [5.41, 5.74) is 1.57. The molecule has 4 nitrogen and oxygen atoms in total. The summed E-state index contributed by atoms with van der Waals surface area (Å²) in [5, 5.41) is 3.45. The largest absolute Gasteiger partial charge is 0.356 e. The maximum atomic E-state index is 4.41. The minimum Gasteiger partial charge on any atom is -0.356 e. The van der Waals surface area contributed by atoms with Crippen LogP contribution < -0.4 is 5.32 Å². The molecular formula is C16H26N4. The number of hydrogen-bond donors (Lipinski definition) is 1. The second kappa shape index (κ2) is 5.43. The van der Waals surface area contributed by atoms with Crippen LogP contribution in [0.1, 0.15) is 33.4 Å². The SMILES string of the molecule is CN=C(NCCc1ccccn1)N1CC(C)(C)C1(C)C. The van der Waals surface area contributed by atoms with Crippen molar-refractivity contribution >= 4 is 5.96 Å². The molecule has 1 saturated heterocycles. The number of rotatable bonds is 3. The number of hydrogen-bond acceptors (Lipinski definition) is 2. The predicted octanol–water partition coefficient (Wildman–Crippen LogP) is 2.32. The Balaban J connectivity index is 1.89. The van der Waals surface area contributed by atoms with Gasteiger partial charge in [-0.1, -0.05) is 19.9 Å². The van der Waals surface area contributed by atoms with E-state index in [4.69, 9.17) is 0 Å². The smallest absolute Gasteiger partial charge is 0.194 e. The van der Waals surface area contributed by atoms with E-state index in [2.05, 4.69) is 54.0 Å². The lowest BCUT2D eigenvalue weighted by molar-refractivity contribution is -0.0666. The first-order valence-electron chi connectivity index (χ1n) is 7.27. The lowest BCUT2D eigenvalue weighted by Gasteiger charge is -2.62. The third kappa shape index (κ3) is 2.65. The molecule has 1 aliphatic rings. The third-order valence-corrected chi connectivity index (χ3v) is 4.74. The van der Waals surface area contributed by atoms with Gasteiger partial charge in [0.15, 0.2) is 5.96 Å². The Labute approximate surface area is 122 Å². The average Bonchev–Trinajstić information content (AvgIpc) is 2.43. The first-order valence-corrected chi connectivity index (χ1v) is 7.27. The van der Waals surface area contributed by atoms with Crippen molar-refractivity contribution in [3.8, 4) is 0 Å². The van der Waals surface area contributed by atoms with E-state index in [9.17, 15) is 0 Å². The molecule has 1 aromatic rings. The molecule has 2 rings (SSSR count). The zero-order chi connectivity index (χ0) is 14.8. The van der Waals surface area contributed by atoms with Gasteiger partial charge < -0.3 is 10.2 Å². The summed E-state index contributed by atoms with van der Waals surface area (Å²) >= 11 is 0. The number of nitrogens with zero attached hydrogens (tertiary/aromatic N) is 3. The molecule has 0 bridgehead atoms. The Hall–Kier alpha value is -1.58. The maximum absolute atomic E-state index is 4.41.